The van der Waals surface area contributed by atoms with Gasteiger partial charge >= 0.3 is 0 Å². The molecule has 6 aromatic rings. The van der Waals surface area contributed by atoms with E-state index in [9.17, 15) is 0 Å². The van der Waals surface area contributed by atoms with Crippen LogP contribution in [0.25, 0.3) is 30.3 Å². The molecule has 0 atom stereocenters. The molecule has 2 nitrogen and oxygen atoms in total. The third-order valence-electron chi connectivity index (χ3n) is 8.94. The van der Waals surface area contributed by atoms with Gasteiger partial charge in [0.25, 0.3) is 6.71 Å². The molecule has 0 spiro atoms. The van der Waals surface area contributed by atoms with Crippen LogP contribution in [0.4, 0.5) is 0 Å². The Hall–Kier alpha value is -3.28. The molecule has 0 amide bonds. The summed E-state index contributed by atoms with van der Waals surface area (Å²) in [5, 5.41) is 3.92. The van der Waals surface area contributed by atoms with Gasteiger partial charge in [0.2, 0.25) is 0 Å². The Morgan fingerprint density at radius 1 is 0.769 bits per heavy atom. The molecule has 39 heavy (non-hydrogen) atoms. The summed E-state index contributed by atoms with van der Waals surface area (Å²) < 4.78 is 18.9. The first-order valence-corrected chi connectivity index (χ1v) is 15.6. The zero-order valence-electron chi connectivity index (χ0n) is 22.5. The third kappa shape index (κ3) is 2.98. The molecule has 0 unspecified atom stereocenters. The summed E-state index contributed by atoms with van der Waals surface area (Å²) in [4.78, 5) is 0. The second kappa shape index (κ2) is 7.47. The smallest absolute Gasteiger partial charge is 0.273 e. The van der Waals surface area contributed by atoms with Gasteiger partial charge in [-0.3, -0.25) is 0 Å². The van der Waals surface area contributed by atoms with Crippen LogP contribution in [0.1, 0.15) is 49.4 Å². The van der Waals surface area contributed by atoms with Gasteiger partial charge in [-0.2, -0.15) is 0 Å². The molecular weight excluding hydrogens is 515 g/mol. The molecule has 2 aromatic heterocycles. The lowest BCUT2D eigenvalue weighted by atomic mass is 9.37. The van der Waals surface area contributed by atoms with E-state index in [2.05, 4.69) is 82.3 Å². The minimum absolute atomic E-state index is 0.0809. The van der Waals surface area contributed by atoms with Crippen molar-refractivity contribution in [1.82, 2.24) is 0 Å². The molecule has 5 heteroatoms. The number of hydrogen-bond donors (Lipinski definition) is 0. The molecule has 0 bridgehead atoms. The molecule has 0 saturated heterocycles. The van der Waals surface area contributed by atoms with E-state index in [4.69, 9.17) is 9.47 Å². The molecule has 190 valence electrons. The molecule has 1 aliphatic carbocycles. The molecule has 9 rings (SSSR count). The van der Waals surface area contributed by atoms with Crippen molar-refractivity contribution < 1.29 is 9.47 Å². The Balaban J connectivity index is 1.34. The molecule has 0 fully saturated rings. The van der Waals surface area contributed by atoms with Crippen LogP contribution in [0.5, 0.6) is 23.0 Å². The number of aryl methyl sites for hydroxylation is 3. The maximum absolute atomic E-state index is 6.86. The molecular formula is C34H27BO2S2. The van der Waals surface area contributed by atoms with Crippen molar-refractivity contribution in [3.63, 3.8) is 0 Å². The Labute approximate surface area is 236 Å². The number of fused-ring (bicyclic) bond motifs is 12. The van der Waals surface area contributed by atoms with Crippen LogP contribution in [-0.2, 0) is 18.3 Å². The zero-order chi connectivity index (χ0) is 26.2. The number of benzene rings is 4. The molecule has 4 heterocycles. The second-order valence-electron chi connectivity index (χ2n) is 12.5. The minimum Gasteiger partial charge on any atom is -0.457 e. The van der Waals surface area contributed by atoms with Gasteiger partial charge in [-0.15, -0.1) is 22.7 Å². The lowest BCUT2D eigenvalue weighted by Crippen LogP contribution is -2.56. The third-order valence-corrected chi connectivity index (χ3v) is 11.4. The maximum Gasteiger partial charge on any atom is 0.273 e. The van der Waals surface area contributed by atoms with Gasteiger partial charge < -0.3 is 9.47 Å². The molecule has 4 aromatic carbocycles. The van der Waals surface area contributed by atoms with E-state index in [-0.39, 0.29) is 12.1 Å². The first-order chi connectivity index (χ1) is 18.8. The van der Waals surface area contributed by atoms with Crippen LogP contribution in [0.2, 0.25) is 0 Å². The van der Waals surface area contributed by atoms with Gasteiger partial charge in [-0.25, -0.2) is 0 Å². The van der Waals surface area contributed by atoms with E-state index in [1.54, 1.807) is 5.56 Å². The molecule has 3 aliphatic rings. The van der Waals surface area contributed by atoms with Crippen molar-refractivity contribution in [2.75, 3.05) is 0 Å². The molecule has 2 aliphatic heterocycles. The zero-order valence-corrected chi connectivity index (χ0v) is 24.2. The Kier molecular flexibility index (Phi) is 4.31. The number of ether oxygens (including phenoxy) is 2. The SMILES string of the molecule is Cc1cc2c3c(c1)Oc1c(ccc4c1sc1c5c(ccc14)CCC5)B3c1sc3ccc(C(C)(C)C)cc3c1O2. The van der Waals surface area contributed by atoms with Crippen LogP contribution < -0.4 is 25.2 Å². The highest BCUT2D eigenvalue weighted by Gasteiger charge is 2.43. The Morgan fingerprint density at radius 2 is 1.54 bits per heavy atom. The van der Waals surface area contributed by atoms with Gasteiger partial charge in [0.1, 0.15) is 23.0 Å². The highest BCUT2D eigenvalue weighted by atomic mass is 32.1. The van der Waals surface area contributed by atoms with Gasteiger partial charge in [-0.1, -0.05) is 51.1 Å². The maximum atomic E-state index is 6.86. The van der Waals surface area contributed by atoms with E-state index >= 15 is 0 Å². The average molecular weight is 543 g/mol. The summed E-state index contributed by atoms with van der Waals surface area (Å²) in [5.74, 6) is 3.94. The number of rotatable bonds is 0. The summed E-state index contributed by atoms with van der Waals surface area (Å²) >= 11 is 3.81. The highest BCUT2D eigenvalue weighted by molar-refractivity contribution is 7.33. The van der Waals surface area contributed by atoms with Crippen LogP contribution in [0.15, 0.2) is 54.6 Å². The van der Waals surface area contributed by atoms with Gasteiger partial charge in [-0.05, 0) is 83.6 Å². The Morgan fingerprint density at radius 3 is 2.36 bits per heavy atom. The predicted octanol–water partition coefficient (Wildman–Crippen LogP) is 8.09. The molecule has 0 saturated carbocycles. The van der Waals surface area contributed by atoms with Crippen molar-refractivity contribution in [3.8, 4) is 23.0 Å². The fourth-order valence-electron chi connectivity index (χ4n) is 6.98. The summed E-state index contributed by atoms with van der Waals surface area (Å²) in [5.41, 5.74) is 8.10. The summed E-state index contributed by atoms with van der Waals surface area (Å²) in [6.45, 7) is 9.08. The van der Waals surface area contributed by atoms with Crippen molar-refractivity contribution in [1.29, 1.82) is 0 Å². The molecule has 0 radical (unpaired) electrons. The van der Waals surface area contributed by atoms with Gasteiger partial charge in [0.05, 0.1) is 4.70 Å². The predicted molar refractivity (Wildman–Crippen MR) is 168 cm³/mol. The van der Waals surface area contributed by atoms with Gasteiger partial charge in [0, 0.05) is 35.8 Å². The van der Waals surface area contributed by atoms with E-state index in [1.165, 1.54) is 76.3 Å². The van der Waals surface area contributed by atoms with Crippen molar-refractivity contribution in [3.05, 3.63) is 76.9 Å². The monoisotopic (exact) mass is 542 g/mol. The van der Waals surface area contributed by atoms with Crippen LogP contribution in [0.3, 0.4) is 0 Å². The minimum atomic E-state index is 0.0809. The van der Waals surface area contributed by atoms with E-state index < -0.39 is 0 Å². The highest BCUT2D eigenvalue weighted by Crippen LogP contribution is 2.47. The summed E-state index contributed by atoms with van der Waals surface area (Å²) in [7, 11) is 0. The lowest BCUT2D eigenvalue weighted by Gasteiger charge is -2.32. The Bertz CT molecular complexity index is 2060. The fraction of sp³-hybridized carbons (Fsp3) is 0.235. The van der Waals surface area contributed by atoms with Gasteiger partial charge in [0.15, 0.2) is 0 Å². The van der Waals surface area contributed by atoms with Crippen molar-refractivity contribution in [2.45, 2.75) is 52.4 Å². The van der Waals surface area contributed by atoms with Crippen molar-refractivity contribution in [2.24, 2.45) is 0 Å². The summed E-state index contributed by atoms with van der Waals surface area (Å²) in [6.07, 6.45) is 3.66. The van der Waals surface area contributed by atoms with Crippen LogP contribution >= 0.6 is 22.7 Å². The van der Waals surface area contributed by atoms with E-state index in [0.717, 1.165) is 28.6 Å². The van der Waals surface area contributed by atoms with E-state index in [1.807, 2.05) is 22.7 Å². The average Bonchev–Trinajstić information content (AvgIpc) is 3.62. The fourth-order valence-corrected chi connectivity index (χ4v) is 9.61. The largest absolute Gasteiger partial charge is 0.457 e. The van der Waals surface area contributed by atoms with E-state index in [0.29, 0.717) is 0 Å². The number of thiophene rings is 2. The van der Waals surface area contributed by atoms with Crippen LogP contribution in [-0.4, -0.2) is 6.71 Å². The first kappa shape index (κ1) is 22.5. The number of hydrogen-bond acceptors (Lipinski definition) is 4. The van der Waals surface area contributed by atoms with Crippen LogP contribution in [0, 0.1) is 6.92 Å². The standard InChI is InChI=1S/C34H27BO2S2/c1-17-14-25-28-26(15-17)37-30-24(12-11-22-21-10-8-18-6-5-7-20(18)31(21)39-32(22)30)35(28)33-29(36-25)23-16-19(34(2,3)4)9-13-27(23)38-33/h8-16H,5-7H2,1-4H3. The normalized spacial score (nSPS) is 15.2. The lowest BCUT2D eigenvalue weighted by molar-refractivity contribution is 0.470. The molecule has 0 N–H and O–H groups in total. The first-order valence-electron chi connectivity index (χ1n) is 13.9. The summed E-state index contributed by atoms with van der Waals surface area (Å²) in [6, 6.07) is 20.7. The second-order valence-corrected chi connectivity index (χ2v) is 14.6. The van der Waals surface area contributed by atoms with Crippen molar-refractivity contribution >= 4 is 75.3 Å². The quantitative estimate of drug-likeness (QED) is 0.180. The topological polar surface area (TPSA) is 18.5 Å².